The number of halogens is 1. The quantitative estimate of drug-likeness (QED) is 0.430. The first kappa shape index (κ1) is 11.2. The van der Waals surface area contributed by atoms with Crippen molar-refractivity contribution in [2.24, 2.45) is 0 Å². The lowest BCUT2D eigenvalue weighted by Gasteiger charge is -2.34. The van der Waals surface area contributed by atoms with E-state index in [9.17, 15) is 5.11 Å². The van der Waals surface area contributed by atoms with E-state index < -0.39 is 0 Å². The van der Waals surface area contributed by atoms with E-state index in [1.165, 1.54) is 0 Å². The van der Waals surface area contributed by atoms with Crippen molar-refractivity contribution in [3.63, 3.8) is 0 Å². The Bertz CT molecular complexity index is 113. The van der Waals surface area contributed by atoms with Crippen LogP contribution in [0.3, 0.4) is 0 Å². The summed E-state index contributed by atoms with van der Waals surface area (Å²) >= 11 is 0. The predicted octanol–water partition coefficient (Wildman–Crippen LogP) is -4.28. The molecule has 0 saturated carbocycles. The zero-order chi connectivity index (χ0) is 7.61. The molecule has 1 aliphatic rings. The topological polar surface area (TPSA) is 46.1 Å². The minimum atomic E-state index is -0.371. The van der Waals surface area contributed by atoms with Gasteiger partial charge in [0.05, 0.1) is 19.3 Å². The van der Waals surface area contributed by atoms with Crippen LogP contribution < -0.4 is 17.7 Å². The van der Waals surface area contributed by atoms with Crippen LogP contribution in [-0.2, 0) is 4.74 Å². The van der Waals surface area contributed by atoms with Crippen molar-refractivity contribution in [2.75, 3.05) is 19.7 Å². The lowest BCUT2D eigenvalue weighted by atomic mass is 9.99. The number of hydrogen-bond acceptors (Lipinski definition) is 2. The predicted molar refractivity (Wildman–Crippen MR) is 37.7 cm³/mol. The summed E-state index contributed by atoms with van der Waals surface area (Å²) in [6, 6.07) is 0. The molecule has 1 heterocycles. The smallest absolute Gasteiger partial charge is 0.140 e. The summed E-state index contributed by atoms with van der Waals surface area (Å²) in [5.41, 5.74) is -0.321. The standard InChI is InChI=1S/C7H15NO2.ClH/c1-6(9)7(2)5-8-3-4-10-7;/h6,8-9H,3-5H2,1-2H3;1H. The highest BCUT2D eigenvalue weighted by Crippen LogP contribution is 2.14. The summed E-state index contributed by atoms with van der Waals surface area (Å²) in [5, 5.41) is 11.5. The van der Waals surface area contributed by atoms with Gasteiger partial charge < -0.3 is 27.6 Å². The third kappa shape index (κ3) is 2.60. The maximum absolute atomic E-state index is 9.29. The van der Waals surface area contributed by atoms with Gasteiger partial charge in [-0.25, -0.2) is 0 Å². The molecular weight excluding hydrogens is 166 g/mol. The fraction of sp³-hybridized carbons (Fsp3) is 1.00. The van der Waals surface area contributed by atoms with Crippen LogP contribution in [0.4, 0.5) is 0 Å². The number of hydrogen-bond donors (Lipinski definition) is 2. The average Bonchev–Trinajstić information content (AvgIpc) is 1.89. The molecule has 2 unspecified atom stereocenters. The highest BCUT2D eigenvalue weighted by atomic mass is 35.5. The maximum Gasteiger partial charge on any atom is 0.140 e. The fourth-order valence-electron chi connectivity index (χ4n) is 1.11. The van der Waals surface area contributed by atoms with E-state index in [0.29, 0.717) is 0 Å². The Balaban J connectivity index is 0.000001000. The molecule has 2 atom stereocenters. The molecule has 1 rings (SSSR count). The monoisotopic (exact) mass is 181 g/mol. The summed E-state index contributed by atoms with van der Waals surface area (Å²) in [5.74, 6) is 0. The molecule has 0 aromatic carbocycles. The van der Waals surface area contributed by atoms with Gasteiger partial charge in [-0.15, -0.1) is 0 Å². The van der Waals surface area contributed by atoms with Crippen molar-refractivity contribution in [1.82, 2.24) is 0 Å². The minimum absolute atomic E-state index is 0. The summed E-state index contributed by atoms with van der Waals surface area (Å²) in [6.07, 6.45) is -0.371. The molecule has 0 amide bonds. The van der Waals surface area contributed by atoms with Gasteiger partial charge in [0.1, 0.15) is 12.1 Å². The fourth-order valence-corrected chi connectivity index (χ4v) is 1.11. The summed E-state index contributed by atoms with van der Waals surface area (Å²) in [4.78, 5) is 0. The second kappa shape index (κ2) is 4.26. The number of morpholine rings is 1. The van der Waals surface area contributed by atoms with E-state index >= 15 is 0 Å². The van der Waals surface area contributed by atoms with Crippen molar-refractivity contribution >= 4 is 0 Å². The SMILES string of the molecule is CC(O)C1(C)C[NH2+]CCO1.[Cl-]. The van der Waals surface area contributed by atoms with Gasteiger partial charge in [0.15, 0.2) is 0 Å². The van der Waals surface area contributed by atoms with Crippen molar-refractivity contribution in [1.29, 1.82) is 0 Å². The first-order valence-electron chi connectivity index (χ1n) is 3.79. The lowest BCUT2D eigenvalue weighted by Crippen LogP contribution is -3.00. The Hall–Kier alpha value is 0.170. The van der Waals surface area contributed by atoms with Crippen LogP contribution in [-0.4, -0.2) is 36.5 Å². The Morgan fingerprint density at radius 3 is 2.55 bits per heavy atom. The molecule has 0 radical (unpaired) electrons. The molecule has 1 aliphatic heterocycles. The van der Waals surface area contributed by atoms with Gasteiger partial charge >= 0.3 is 0 Å². The molecule has 0 aromatic rings. The number of ether oxygens (including phenoxy) is 1. The van der Waals surface area contributed by atoms with E-state index in [-0.39, 0.29) is 24.1 Å². The molecular formula is C7H16ClNO2. The van der Waals surface area contributed by atoms with Gasteiger partial charge in [0.25, 0.3) is 0 Å². The molecule has 1 saturated heterocycles. The van der Waals surface area contributed by atoms with E-state index in [1.807, 2.05) is 6.92 Å². The lowest BCUT2D eigenvalue weighted by molar-refractivity contribution is -0.687. The van der Waals surface area contributed by atoms with Gasteiger partial charge in [-0.05, 0) is 13.8 Å². The minimum Gasteiger partial charge on any atom is -1.00 e. The molecule has 1 fully saturated rings. The number of rotatable bonds is 1. The molecule has 11 heavy (non-hydrogen) atoms. The third-order valence-corrected chi connectivity index (χ3v) is 2.19. The van der Waals surface area contributed by atoms with Crippen LogP contribution in [0.15, 0.2) is 0 Å². The molecule has 0 bridgehead atoms. The molecule has 4 heteroatoms. The Morgan fingerprint density at radius 1 is 1.64 bits per heavy atom. The van der Waals surface area contributed by atoms with E-state index in [4.69, 9.17) is 4.74 Å². The van der Waals surface area contributed by atoms with Gasteiger partial charge in [0, 0.05) is 0 Å². The summed E-state index contributed by atoms with van der Waals surface area (Å²) < 4.78 is 5.45. The van der Waals surface area contributed by atoms with Gasteiger partial charge in [-0.2, -0.15) is 0 Å². The molecule has 3 N–H and O–H groups in total. The van der Waals surface area contributed by atoms with Crippen molar-refractivity contribution in [2.45, 2.75) is 25.6 Å². The second-order valence-corrected chi connectivity index (χ2v) is 3.12. The van der Waals surface area contributed by atoms with Crippen LogP contribution in [0.25, 0.3) is 0 Å². The van der Waals surface area contributed by atoms with Crippen LogP contribution in [0.1, 0.15) is 13.8 Å². The first-order chi connectivity index (χ1) is 4.65. The van der Waals surface area contributed by atoms with Gasteiger partial charge in [-0.1, -0.05) is 0 Å². The molecule has 0 spiro atoms. The van der Waals surface area contributed by atoms with Crippen LogP contribution >= 0.6 is 0 Å². The van der Waals surface area contributed by atoms with Crippen molar-refractivity contribution < 1.29 is 27.6 Å². The molecule has 68 valence electrons. The van der Waals surface area contributed by atoms with Crippen LogP contribution in [0.2, 0.25) is 0 Å². The first-order valence-corrected chi connectivity index (χ1v) is 3.79. The second-order valence-electron chi connectivity index (χ2n) is 3.12. The maximum atomic E-state index is 9.29. The van der Waals surface area contributed by atoms with E-state index in [0.717, 1.165) is 19.7 Å². The largest absolute Gasteiger partial charge is 1.00 e. The Labute approximate surface area is 73.5 Å². The zero-order valence-corrected chi connectivity index (χ0v) is 7.77. The van der Waals surface area contributed by atoms with Crippen LogP contribution in [0.5, 0.6) is 0 Å². The summed E-state index contributed by atoms with van der Waals surface area (Å²) in [7, 11) is 0. The Morgan fingerprint density at radius 2 is 2.27 bits per heavy atom. The molecule has 3 nitrogen and oxygen atoms in total. The van der Waals surface area contributed by atoms with E-state index in [2.05, 4.69) is 5.32 Å². The molecule has 0 aromatic heterocycles. The number of nitrogens with two attached hydrogens (primary N) is 1. The van der Waals surface area contributed by atoms with E-state index in [1.54, 1.807) is 6.92 Å². The zero-order valence-electron chi connectivity index (χ0n) is 7.01. The number of aliphatic hydroxyl groups excluding tert-OH is 1. The third-order valence-electron chi connectivity index (χ3n) is 2.19. The van der Waals surface area contributed by atoms with Crippen molar-refractivity contribution in [3.05, 3.63) is 0 Å². The molecule has 0 aliphatic carbocycles. The van der Waals surface area contributed by atoms with Crippen molar-refractivity contribution in [3.8, 4) is 0 Å². The Kier molecular flexibility index (Phi) is 4.32. The normalized spacial score (nSPS) is 34.1. The average molecular weight is 182 g/mol. The van der Waals surface area contributed by atoms with Crippen LogP contribution in [0, 0.1) is 0 Å². The van der Waals surface area contributed by atoms with Gasteiger partial charge in [-0.3, -0.25) is 0 Å². The highest BCUT2D eigenvalue weighted by Gasteiger charge is 2.35. The number of quaternary nitrogens is 1. The highest BCUT2D eigenvalue weighted by molar-refractivity contribution is 4.80. The van der Waals surface area contributed by atoms with Gasteiger partial charge in [0.2, 0.25) is 0 Å². The summed E-state index contributed by atoms with van der Waals surface area (Å²) in [6.45, 7) is 6.36. The number of aliphatic hydroxyl groups is 1.